The van der Waals surface area contributed by atoms with Crippen LogP contribution in [0.25, 0.3) is 6.08 Å². The molecule has 0 spiro atoms. The number of aryl methyl sites for hydroxylation is 1. The minimum Gasteiger partial charge on any atom is -0.481 e. The maximum atomic E-state index is 11.9. The average molecular weight is 293 g/mol. The van der Waals surface area contributed by atoms with E-state index in [0.717, 1.165) is 24.1 Å². The smallest absolute Gasteiger partial charge is 0.308 e. The lowest BCUT2D eigenvalue weighted by Crippen LogP contribution is -2.44. The minimum absolute atomic E-state index is 0.214. The van der Waals surface area contributed by atoms with Gasteiger partial charge in [-0.15, -0.1) is 11.3 Å². The number of hydrogen-bond acceptors (Lipinski definition) is 3. The Kier molecular flexibility index (Phi) is 4.95. The van der Waals surface area contributed by atoms with Crippen molar-refractivity contribution in [1.29, 1.82) is 0 Å². The normalized spacial score (nSPS) is 22.9. The summed E-state index contributed by atoms with van der Waals surface area (Å²) in [7, 11) is 0. The SMILES string of the molecule is Cc1ccc(C=CC(=O)NC2CCCCC2C(=O)O)s1. The fraction of sp³-hybridized carbons (Fsp3) is 0.467. The van der Waals surface area contributed by atoms with E-state index in [1.54, 1.807) is 17.4 Å². The van der Waals surface area contributed by atoms with Crippen LogP contribution in [0.3, 0.4) is 0 Å². The zero-order chi connectivity index (χ0) is 14.5. The molecule has 1 aliphatic rings. The highest BCUT2D eigenvalue weighted by Gasteiger charge is 2.31. The lowest BCUT2D eigenvalue weighted by atomic mass is 9.84. The van der Waals surface area contributed by atoms with Gasteiger partial charge in [-0.05, 0) is 38.0 Å². The Morgan fingerprint density at radius 1 is 1.35 bits per heavy atom. The predicted octanol–water partition coefficient (Wildman–Crippen LogP) is 2.83. The van der Waals surface area contributed by atoms with Gasteiger partial charge in [0, 0.05) is 21.9 Å². The number of hydrogen-bond donors (Lipinski definition) is 2. The van der Waals surface area contributed by atoms with Crippen molar-refractivity contribution in [3.8, 4) is 0 Å². The van der Waals surface area contributed by atoms with E-state index >= 15 is 0 Å². The summed E-state index contributed by atoms with van der Waals surface area (Å²) in [6, 6.07) is 3.72. The van der Waals surface area contributed by atoms with Gasteiger partial charge < -0.3 is 10.4 Å². The summed E-state index contributed by atoms with van der Waals surface area (Å²) < 4.78 is 0. The number of carbonyl (C=O) groups excluding carboxylic acids is 1. The summed E-state index contributed by atoms with van der Waals surface area (Å²) in [6.45, 7) is 2.02. The van der Waals surface area contributed by atoms with Crippen LogP contribution in [0.5, 0.6) is 0 Å². The van der Waals surface area contributed by atoms with Crippen LogP contribution < -0.4 is 5.32 Å². The van der Waals surface area contributed by atoms with Crippen molar-refractivity contribution in [3.63, 3.8) is 0 Å². The second kappa shape index (κ2) is 6.70. The fourth-order valence-corrected chi connectivity index (χ4v) is 3.31. The molecule has 1 aromatic rings. The quantitative estimate of drug-likeness (QED) is 0.839. The van der Waals surface area contributed by atoms with Crippen molar-refractivity contribution >= 4 is 29.3 Å². The molecule has 0 bridgehead atoms. The second-order valence-corrected chi connectivity index (χ2v) is 6.45. The Hall–Kier alpha value is -1.62. The van der Waals surface area contributed by atoms with E-state index in [0.29, 0.717) is 6.42 Å². The van der Waals surface area contributed by atoms with E-state index in [9.17, 15) is 9.59 Å². The summed E-state index contributed by atoms with van der Waals surface area (Å²) in [5, 5.41) is 12.0. The molecule has 1 saturated carbocycles. The molecule has 5 heteroatoms. The number of aliphatic carboxylic acids is 1. The van der Waals surface area contributed by atoms with E-state index in [-0.39, 0.29) is 11.9 Å². The summed E-state index contributed by atoms with van der Waals surface area (Å²) in [4.78, 5) is 25.3. The third-order valence-electron chi connectivity index (χ3n) is 3.57. The molecule has 20 heavy (non-hydrogen) atoms. The molecular formula is C15H19NO3S. The molecule has 2 atom stereocenters. The zero-order valence-corrected chi connectivity index (χ0v) is 12.3. The molecule has 108 valence electrons. The van der Waals surface area contributed by atoms with E-state index in [1.165, 1.54) is 11.0 Å². The van der Waals surface area contributed by atoms with Gasteiger partial charge in [0.15, 0.2) is 0 Å². The molecule has 1 fully saturated rings. The van der Waals surface area contributed by atoms with Crippen molar-refractivity contribution in [3.05, 3.63) is 28.0 Å². The van der Waals surface area contributed by atoms with Crippen molar-refractivity contribution < 1.29 is 14.7 Å². The van der Waals surface area contributed by atoms with E-state index < -0.39 is 11.9 Å². The molecule has 0 saturated heterocycles. The molecule has 4 nitrogen and oxygen atoms in total. The molecule has 2 N–H and O–H groups in total. The molecule has 1 heterocycles. The van der Waals surface area contributed by atoms with E-state index in [2.05, 4.69) is 5.32 Å². The monoisotopic (exact) mass is 293 g/mol. The molecule has 1 aliphatic carbocycles. The maximum Gasteiger partial charge on any atom is 0.308 e. The van der Waals surface area contributed by atoms with Crippen LogP contribution in [-0.4, -0.2) is 23.0 Å². The van der Waals surface area contributed by atoms with Crippen molar-refractivity contribution in [1.82, 2.24) is 5.32 Å². The standard InChI is InChI=1S/C15H19NO3S/c1-10-6-7-11(20-10)8-9-14(17)16-13-5-3-2-4-12(13)15(18)19/h6-9,12-13H,2-5H2,1H3,(H,16,17)(H,18,19). The first-order valence-electron chi connectivity index (χ1n) is 6.84. The topological polar surface area (TPSA) is 66.4 Å². The number of amides is 1. The molecule has 2 unspecified atom stereocenters. The van der Waals surface area contributed by atoms with E-state index in [1.807, 2.05) is 19.1 Å². The lowest BCUT2D eigenvalue weighted by molar-refractivity contribution is -0.144. The number of carboxylic acids is 1. The highest BCUT2D eigenvalue weighted by molar-refractivity contribution is 7.12. The largest absolute Gasteiger partial charge is 0.481 e. The van der Waals surface area contributed by atoms with Gasteiger partial charge in [0.05, 0.1) is 5.92 Å². The average Bonchev–Trinajstić information content (AvgIpc) is 2.83. The summed E-state index contributed by atoms with van der Waals surface area (Å²) in [5.41, 5.74) is 0. The highest BCUT2D eigenvalue weighted by Crippen LogP contribution is 2.24. The first kappa shape index (κ1) is 14.8. The zero-order valence-electron chi connectivity index (χ0n) is 11.5. The maximum absolute atomic E-state index is 11.9. The van der Waals surface area contributed by atoms with Crippen LogP contribution >= 0.6 is 11.3 Å². The Morgan fingerprint density at radius 2 is 2.10 bits per heavy atom. The van der Waals surface area contributed by atoms with Crippen LogP contribution in [0, 0.1) is 12.8 Å². The highest BCUT2D eigenvalue weighted by atomic mass is 32.1. The predicted molar refractivity (Wildman–Crippen MR) is 79.6 cm³/mol. The summed E-state index contributed by atoms with van der Waals surface area (Å²) >= 11 is 1.62. The Labute approximate surface area is 122 Å². The van der Waals surface area contributed by atoms with Gasteiger partial charge in [0.1, 0.15) is 0 Å². The molecular weight excluding hydrogens is 274 g/mol. The third-order valence-corrected chi connectivity index (χ3v) is 4.54. The van der Waals surface area contributed by atoms with Gasteiger partial charge in [-0.2, -0.15) is 0 Å². The van der Waals surface area contributed by atoms with Gasteiger partial charge in [-0.1, -0.05) is 12.8 Å². The number of carbonyl (C=O) groups is 2. The lowest BCUT2D eigenvalue weighted by Gasteiger charge is -2.28. The van der Waals surface area contributed by atoms with Crippen LogP contribution in [0.15, 0.2) is 18.2 Å². The summed E-state index contributed by atoms with van der Waals surface area (Å²) in [6.07, 6.45) is 6.55. The van der Waals surface area contributed by atoms with Crippen molar-refractivity contribution in [2.45, 2.75) is 38.6 Å². The van der Waals surface area contributed by atoms with Crippen LogP contribution in [0.4, 0.5) is 0 Å². The van der Waals surface area contributed by atoms with Gasteiger partial charge in [0.2, 0.25) is 5.91 Å². The van der Waals surface area contributed by atoms with Gasteiger partial charge in [-0.25, -0.2) is 0 Å². The molecule has 0 aromatic carbocycles. The van der Waals surface area contributed by atoms with Crippen molar-refractivity contribution in [2.24, 2.45) is 5.92 Å². The third kappa shape index (κ3) is 3.93. The summed E-state index contributed by atoms with van der Waals surface area (Å²) in [5.74, 6) is -1.48. The molecule has 1 amide bonds. The molecule has 2 rings (SSSR count). The Morgan fingerprint density at radius 3 is 2.75 bits per heavy atom. The van der Waals surface area contributed by atoms with Gasteiger partial charge in [0.25, 0.3) is 0 Å². The van der Waals surface area contributed by atoms with E-state index in [4.69, 9.17) is 5.11 Å². The number of rotatable bonds is 4. The van der Waals surface area contributed by atoms with Crippen LogP contribution in [-0.2, 0) is 9.59 Å². The number of nitrogens with one attached hydrogen (secondary N) is 1. The first-order valence-corrected chi connectivity index (χ1v) is 7.66. The molecule has 0 radical (unpaired) electrons. The molecule has 0 aliphatic heterocycles. The Balaban J connectivity index is 1.93. The second-order valence-electron chi connectivity index (χ2n) is 5.13. The number of carboxylic acid groups (broad SMARTS) is 1. The fourth-order valence-electron chi connectivity index (χ4n) is 2.53. The number of thiophene rings is 1. The van der Waals surface area contributed by atoms with Crippen LogP contribution in [0.2, 0.25) is 0 Å². The molecule has 1 aromatic heterocycles. The first-order chi connectivity index (χ1) is 9.56. The van der Waals surface area contributed by atoms with Crippen LogP contribution in [0.1, 0.15) is 35.4 Å². The van der Waals surface area contributed by atoms with Gasteiger partial charge >= 0.3 is 5.97 Å². The van der Waals surface area contributed by atoms with Crippen molar-refractivity contribution in [2.75, 3.05) is 0 Å². The Bertz CT molecular complexity index is 521. The minimum atomic E-state index is -0.812. The van der Waals surface area contributed by atoms with Gasteiger partial charge in [-0.3, -0.25) is 9.59 Å².